The summed E-state index contributed by atoms with van der Waals surface area (Å²) in [5.74, 6) is 1.61. The first-order chi connectivity index (χ1) is 16.6. The Balaban J connectivity index is 1.34. The molecule has 1 unspecified atom stereocenters. The second-order valence-electron chi connectivity index (χ2n) is 10.2. The van der Waals surface area contributed by atoms with Crippen molar-refractivity contribution in [3.05, 3.63) is 47.4 Å². The van der Waals surface area contributed by atoms with Crippen molar-refractivity contribution in [2.75, 3.05) is 33.4 Å². The summed E-state index contributed by atoms with van der Waals surface area (Å²) in [5.41, 5.74) is 5.47. The quantitative estimate of drug-likeness (QED) is 0.501. The fourth-order valence-corrected chi connectivity index (χ4v) is 5.54. The van der Waals surface area contributed by atoms with E-state index in [1.807, 2.05) is 0 Å². The summed E-state index contributed by atoms with van der Waals surface area (Å²) in [6.07, 6.45) is 9.53. The molecule has 2 aromatic heterocycles. The number of piperidine rings is 1. The normalized spacial score (nSPS) is 19.6. The van der Waals surface area contributed by atoms with Crippen molar-refractivity contribution in [3.8, 4) is 17.3 Å². The van der Waals surface area contributed by atoms with Gasteiger partial charge < -0.3 is 14.2 Å². The van der Waals surface area contributed by atoms with E-state index in [9.17, 15) is 5.26 Å². The van der Waals surface area contributed by atoms with Gasteiger partial charge in [0.05, 0.1) is 12.3 Å². The smallest absolute Gasteiger partial charge is 0.234 e. The van der Waals surface area contributed by atoms with Crippen LogP contribution < -0.4 is 0 Å². The Kier molecular flexibility index (Phi) is 6.94. The van der Waals surface area contributed by atoms with Gasteiger partial charge in [-0.05, 0) is 88.3 Å². The first-order valence-electron chi connectivity index (χ1n) is 12.7. The summed E-state index contributed by atoms with van der Waals surface area (Å²) < 4.78 is 7.70. The highest BCUT2D eigenvalue weighted by Crippen LogP contribution is 2.30. The highest BCUT2D eigenvalue weighted by atomic mass is 16.5. The molecule has 178 valence electrons. The zero-order chi connectivity index (χ0) is 23.5. The lowest BCUT2D eigenvalue weighted by molar-refractivity contribution is 0.182. The number of nitriles is 1. The fraction of sp³-hybridized carbons (Fsp3) is 0.536. The van der Waals surface area contributed by atoms with Gasteiger partial charge in [-0.15, -0.1) is 0 Å². The first kappa shape index (κ1) is 23.0. The molecule has 0 aliphatic carbocycles. The number of fused-ring (bicyclic) bond motifs is 1. The zero-order valence-electron chi connectivity index (χ0n) is 20.5. The van der Waals surface area contributed by atoms with Crippen LogP contribution in [0.1, 0.15) is 49.1 Å². The predicted octanol–water partition coefficient (Wildman–Crippen LogP) is 4.98. The van der Waals surface area contributed by atoms with Crippen LogP contribution in [0.4, 0.5) is 0 Å². The van der Waals surface area contributed by atoms with Crippen molar-refractivity contribution in [2.45, 2.75) is 52.0 Å². The highest BCUT2D eigenvalue weighted by Gasteiger charge is 2.20. The molecule has 2 saturated heterocycles. The Morgan fingerprint density at radius 1 is 1.12 bits per heavy atom. The van der Waals surface area contributed by atoms with Crippen LogP contribution in [0.5, 0.6) is 0 Å². The third-order valence-electron chi connectivity index (χ3n) is 7.71. The molecule has 0 spiro atoms. The summed E-state index contributed by atoms with van der Waals surface area (Å²) in [6.45, 7) is 7.17. The van der Waals surface area contributed by atoms with Gasteiger partial charge in [0.2, 0.25) is 5.82 Å². The summed E-state index contributed by atoms with van der Waals surface area (Å²) >= 11 is 0. The van der Waals surface area contributed by atoms with E-state index in [1.165, 1.54) is 49.9 Å². The molecule has 1 atom stereocenters. The van der Waals surface area contributed by atoms with Gasteiger partial charge in [0, 0.05) is 36.2 Å². The number of nitrogens with zero attached hydrogens (tertiary/aromatic N) is 5. The molecule has 0 N–H and O–H groups in total. The van der Waals surface area contributed by atoms with Gasteiger partial charge in [-0.1, -0.05) is 18.6 Å². The topological polar surface area (TPSA) is 67.0 Å². The molecule has 34 heavy (non-hydrogen) atoms. The molecule has 0 saturated carbocycles. The molecule has 6 heteroatoms. The van der Waals surface area contributed by atoms with Crippen LogP contribution in [0, 0.1) is 30.1 Å². The third kappa shape index (κ3) is 5.01. The molecule has 4 heterocycles. The standard InChI is InChI=1S/C28H35N5O/c1-20-16-24(7-6-23(20)5-3-4-21-8-12-32(2)13-9-21)27-25-10-14-33(18-22-11-15-34-19-22)28(25)31-26(17-29)30-27/h6-7,10,14,16,21-22H,3-5,8-9,11-13,15,18-19H2,1-2H3. The second-order valence-corrected chi connectivity index (χ2v) is 10.2. The Hall–Kier alpha value is -2.75. The van der Waals surface area contributed by atoms with Crippen molar-refractivity contribution >= 4 is 11.0 Å². The van der Waals surface area contributed by atoms with Crippen molar-refractivity contribution < 1.29 is 4.74 Å². The van der Waals surface area contributed by atoms with E-state index in [1.54, 1.807) is 0 Å². The first-order valence-corrected chi connectivity index (χ1v) is 12.7. The van der Waals surface area contributed by atoms with Gasteiger partial charge >= 0.3 is 0 Å². The van der Waals surface area contributed by atoms with Gasteiger partial charge in [0.1, 0.15) is 11.7 Å². The maximum atomic E-state index is 9.59. The van der Waals surface area contributed by atoms with Crippen LogP contribution in [0.15, 0.2) is 30.5 Å². The maximum Gasteiger partial charge on any atom is 0.234 e. The number of ether oxygens (including phenoxy) is 1. The van der Waals surface area contributed by atoms with E-state index < -0.39 is 0 Å². The monoisotopic (exact) mass is 457 g/mol. The molecule has 0 amide bonds. The number of aromatic nitrogens is 3. The van der Waals surface area contributed by atoms with E-state index >= 15 is 0 Å². The molecule has 3 aromatic rings. The summed E-state index contributed by atoms with van der Waals surface area (Å²) in [7, 11) is 2.23. The van der Waals surface area contributed by atoms with Gasteiger partial charge in [-0.2, -0.15) is 5.26 Å². The number of likely N-dealkylation sites (tertiary alicyclic amines) is 1. The van der Waals surface area contributed by atoms with E-state index in [0.29, 0.717) is 5.92 Å². The molecule has 2 aliphatic heterocycles. The Labute approximate surface area is 202 Å². The zero-order valence-corrected chi connectivity index (χ0v) is 20.5. The highest BCUT2D eigenvalue weighted by molar-refractivity contribution is 5.91. The minimum absolute atomic E-state index is 0.227. The third-order valence-corrected chi connectivity index (χ3v) is 7.71. The Morgan fingerprint density at radius 3 is 2.71 bits per heavy atom. The van der Waals surface area contributed by atoms with E-state index in [0.717, 1.165) is 60.8 Å². The number of hydrogen-bond acceptors (Lipinski definition) is 5. The lowest BCUT2D eigenvalue weighted by Gasteiger charge is -2.28. The van der Waals surface area contributed by atoms with Crippen LogP contribution in [0.2, 0.25) is 0 Å². The average molecular weight is 458 g/mol. The van der Waals surface area contributed by atoms with Crippen LogP contribution in [0.3, 0.4) is 0 Å². The molecular weight excluding hydrogens is 422 g/mol. The van der Waals surface area contributed by atoms with Crippen LogP contribution in [-0.4, -0.2) is 52.8 Å². The van der Waals surface area contributed by atoms with Gasteiger partial charge in [-0.25, -0.2) is 9.97 Å². The molecule has 2 fully saturated rings. The molecular formula is C28H35N5O. The van der Waals surface area contributed by atoms with Gasteiger partial charge in [0.25, 0.3) is 0 Å². The number of hydrogen-bond donors (Lipinski definition) is 0. The van der Waals surface area contributed by atoms with Crippen LogP contribution in [-0.2, 0) is 17.7 Å². The Bertz CT molecular complexity index is 1180. The van der Waals surface area contributed by atoms with Gasteiger partial charge in [-0.3, -0.25) is 0 Å². The fourth-order valence-electron chi connectivity index (χ4n) is 5.54. The number of rotatable bonds is 7. The second kappa shape index (κ2) is 10.2. The predicted molar refractivity (Wildman–Crippen MR) is 135 cm³/mol. The minimum atomic E-state index is 0.227. The van der Waals surface area contributed by atoms with Crippen molar-refractivity contribution in [1.82, 2.24) is 19.4 Å². The number of benzene rings is 1. The summed E-state index contributed by atoms with van der Waals surface area (Å²) in [5, 5.41) is 10.6. The molecule has 0 radical (unpaired) electrons. The SMILES string of the molecule is Cc1cc(-c2nc(C#N)nc3c2ccn3CC2CCOC2)ccc1CCCC1CCN(C)CC1. The molecule has 5 rings (SSSR count). The van der Waals surface area contributed by atoms with Gasteiger partial charge in [0.15, 0.2) is 0 Å². The van der Waals surface area contributed by atoms with Crippen molar-refractivity contribution in [1.29, 1.82) is 5.26 Å². The summed E-state index contributed by atoms with van der Waals surface area (Å²) in [4.78, 5) is 11.6. The lowest BCUT2D eigenvalue weighted by atomic mass is 9.90. The van der Waals surface area contributed by atoms with Crippen molar-refractivity contribution in [2.24, 2.45) is 11.8 Å². The van der Waals surface area contributed by atoms with Crippen LogP contribution in [0.25, 0.3) is 22.3 Å². The van der Waals surface area contributed by atoms with E-state index in [4.69, 9.17) is 4.74 Å². The molecule has 6 nitrogen and oxygen atoms in total. The molecule has 0 bridgehead atoms. The van der Waals surface area contributed by atoms with Crippen LogP contribution >= 0.6 is 0 Å². The number of aryl methyl sites for hydroxylation is 2. The van der Waals surface area contributed by atoms with E-state index in [-0.39, 0.29) is 5.82 Å². The lowest BCUT2D eigenvalue weighted by Crippen LogP contribution is -2.30. The maximum absolute atomic E-state index is 9.59. The minimum Gasteiger partial charge on any atom is -0.381 e. The largest absolute Gasteiger partial charge is 0.381 e. The summed E-state index contributed by atoms with van der Waals surface area (Å²) in [6, 6.07) is 10.9. The Morgan fingerprint density at radius 2 is 1.97 bits per heavy atom. The average Bonchev–Trinajstić information content (AvgIpc) is 3.51. The molecule has 1 aromatic carbocycles. The van der Waals surface area contributed by atoms with E-state index in [2.05, 4.69) is 69.9 Å². The van der Waals surface area contributed by atoms with Crippen molar-refractivity contribution in [3.63, 3.8) is 0 Å². The molecule has 2 aliphatic rings.